The van der Waals surface area contributed by atoms with Crippen molar-refractivity contribution in [3.05, 3.63) is 0 Å². The molecule has 0 heterocycles. The second-order valence-electron chi connectivity index (χ2n) is 1.56. The number of rotatable bonds is 2. The van der Waals surface area contributed by atoms with Gasteiger partial charge < -0.3 is 15.5 Å². The largest absolute Gasteiger partial charge is 0.344 e. The van der Waals surface area contributed by atoms with E-state index in [1.807, 2.05) is 0 Å². The first-order valence-corrected chi connectivity index (χ1v) is 5.07. The Morgan fingerprint density at radius 1 is 1.75 bits per heavy atom. The fraction of sp³-hybridized carbons (Fsp3) is 1.00. The molecule has 1 atom stereocenters. The fourth-order valence-electron chi connectivity index (χ4n) is 0.238. The summed E-state index contributed by atoms with van der Waals surface area (Å²) in [5, 5.41) is 0. The lowest BCUT2D eigenvalue weighted by Gasteiger charge is -2.13. The van der Waals surface area contributed by atoms with Gasteiger partial charge in [-0.3, -0.25) is 0 Å². The Balaban J connectivity index is 3.82. The van der Waals surface area contributed by atoms with Gasteiger partial charge in [-0.1, -0.05) is 6.92 Å². The summed E-state index contributed by atoms with van der Waals surface area (Å²) in [7, 11) is 0. The van der Waals surface area contributed by atoms with Crippen LogP contribution in [-0.4, -0.2) is 15.6 Å². The maximum Gasteiger partial charge on any atom is 0.200 e. The van der Waals surface area contributed by atoms with E-state index in [2.05, 4.69) is 11.8 Å². The van der Waals surface area contributed by atoms with Crippen LogP contribution in [0.15, 0.2) is 0 Å². The molecule has 0 bridgehead atoms. The van der Waals surface area contributed by atoms with Crippen LogP contribution in [0.2, 0.25) is 0 Å². The van der Waals surface area contributed by atoms with E-state index in [1.54, 1.807) is 6.92 Å². The van der Waals surface area contributed by atoms with Crippen LogP contribution in [0, 0.1) is 0 Å². The van der Waals surface area contributed by atoms with Crippen molar-refractivity contribution in [1.29, 1.82) is 0 Å². The predicted molar refractivity (Wildman–Crippen MR) is 37.0 cm³/mol. The number of nitrogens with two attached hydrogens (primary N) is 1. The fourth-order valence-corrected chi connectivity index (χ4v) is 1.16. The van der Waals surface area contributed by atoms with E-state index in [9.17, 15) is 0 Å². The van der Waals surface area contributed by atoms with E-state index < -0.39 is 12.3 Å². The van der Waals surface area contributed by atoms with Gasteiger partial charge in [0.05, 0.1) is 5.78 Å². The van der Waals surface area contributed by atoms with Crippen molar-refractivity contribution in [3.63, 3.8) is 0 Å². The Kier molecular flexibility index (Phi) is 3.09. The molecule has 5 heteroatoms. The highest BCUT2D eigenvalue weighted by atomic mass is 32.5. The van der Waals surface area contributed by atoms with Crippen molar-refractivity contribution in [2.45, 2.75) is 19.1 Å². The average molecular weight is 155 g/mol. The van der Waals surface area contributed by atoms with Gasteiger partial charge in [0, 0.05) is 0 Å². The van der Waals surface area contributed by atoms with Crippen molar-refractivity contribution in [3.8, 4) is 0 Å². The first-order valence-electron chi connectivity index (χ1n) is 2.29. The van der Waals surface area contributed by atoms with Crippen molar-refractivity contribution in [1.82, 2.24) is 0 Å². The maximum atomic E-state index is 8.64. The highest BCUT2D eigenvalue weighted by Gasteiger charge is 2.15. The molecule has 0 saturated carbocycles. The third-order valence-corrected chi connectivity index (χ3v) is 2.89. The minimum atomic E-state index is -3.15. The first-order chi connectivity index (χ1) is 3.48. The number of hydrogen-bond acceptors (Lipinski definition) is 2. The Morgan fingerprint density at radius 2 is 2.12 bits per heavy atom. The molecule has 50 valence electrons. The van der Waals surface area contributed by atoms with Crippen LogP contribution < -0.4 is 5.73 Å². The zero-order valence-electron chi connectivity index (χ0n) is 4.61. The molecule has 4 N–H and O–H groups in total. The van der Waals surface area contributed by atoms with Crippen LogP contribution in [0.25, 0.3) is 0 Å². The van der Waals surface area contributed by atoms with Crippen molar-refractivity contribution in [2.24, 2.45) is 5.73 Å². The highest BCUT2D eigenvalue weighted by Crippen LogP contribution is 2.39. The first kappa shape index (κ1) is 8.53. The van der Waals surface area contributed by atoms with E-state index in [1.165, 1.54) is 0 Å². The van der Waals surface area contributed by atoms with Gasteiger partial charge in [0.1, 0.15) is 0 Å². The van der Waals surface area contributed by atoms with E-state index in [-0.39, 0.29) is 0 Å². The van der Waals surface area contributed by atoms with Crippen LogP contribution in [0.5, 0.6) is 0 Å². The van der Waals surface area contributed by atoms with Gasteiger partial charge >= 0.3 is 0 Å². The van der Waals surface area contributed by atoms with E-state index in [4.69, 9.17) is 15.5 Å². The summed E-state index contributed by atoms with van der Waals surface area (Å²) >= 11 is 4.30. The molecule has 0 aliphatic heterocycles. The predicted octanol–water partition coefficient (Wildman–Crippen LogP) is -0.0247. The smallest absolute Gasteiger partial charge is 0.200 e. The molecule has 0 aromatic rings. The molecule has 0 radical (unpaired) electrons. The van der Waals surface area contributed by atoms with E-state index >= 15 is 0 Å². The monoisotopic (exact) mass is 155 g/mol. The highest BCUT2D eigenvalue weighted by molar-refractivity contribution is 8.09. The molecule has 0 rings (SSSR count). The molecule has 0 aromatic carbocycles. The SMILES string of the molecule is CCC(N)P(O)(O)=S. The van der Waals surface area contributed by atoms with Gasteiger partial charge in [-0.2, -0.15) is 0 Å². The normalized spacial score (nSPS) is 16.0. The topological polar surface area (TPSA) is 66.5 Å². The van der Waals surface area contributed by atoms with Gasteiger partial charge in [0.15, 0.2) is 6.49 Å². The van der Waals surface area contributed by atoms with Crippen LogP contribution >= 0.6 is 6.49 Å². The van der Waals surface area contributed by atoms with Gasteiger partial charge in [0.25, 0.3) is 0 Å². The zero-order valence-corrected chi connectivity index (χ0v) is 6.32. The van der Waals surface area contributed by atoms with Crippen molar-refractivity contribution < 1.29 is 9.79 Å². The molecule has 0 aromatic heterocycles. The molecule has 0 fully saturated rings. The Hall–Kier alpha value is 0.530. The molecule has 0 saturated heterocycles. The summed E-state index contributed by atoms with van der Waals surface area (Å²) < 4.78 is 0. The Morgan fingerprint density at radius 3 is 2.12 bits per heavy atom. The standard InChI is InChI=1S/C3H10NO2PS/c1-2-3(4)7(5,6)8/h3H,2,4H2,1H3,(H2,5,6,8). The van der Waals surface area contributed by atoms with Gasteiger partial charge in [0.2, 0.25) is 0 Å². The van der Waals surface area contributed by atoms with Gasteiger partial charge in [-0.05, 0) is 18.2 Å². The van der Waals surface area contributed by atoms with Crippen LogP contribution in [0.1, 0.15) is 13.3 Å². The lowest BCUT2D eigenvalue weighted by molar-refractivity contribution is 0.459. The average Bonchev–Trinajstić information content (AvgIpc) is 1.62. The summed E-state index contributed by atoms with van der Waals surface area (Å²) in [6.07, 6.45) is 0.518. The van der Waals surface area contributed by atoms with E-state index in [0.717, 1.165) is 0 Å². The van der Waals surface area contributed by atoms with Crippen LogP contribution in [-0.2, 0) is 11.8 Å². The molecule has 0 spiro atoms. The molecular weight excluding hydrogens is 145 g/mol. The molecule has 1 unspecified atom stereocenters. The Bertz CT molecular complexity index is 112. The maximum absolute atomic E-state index is 8.64. The molecule has 0 aliphatic rings. The van der Waals surface area contributed by atoms with E-state index in [0.29, 0.717) is 6.42 Å². The second-order valence-corrected chi connectivity index (χ2v) is 5.02. The van der Waals surface area contributed by atoms with Crippen molar-refractivity contribution >= 4 is 18.3 Å². The summed E-state index contributed by atoms with van der Waals surface area (Å²) in [5.41, 5.74) is 5.20. The summed E-state index contributed by atoms with van der Waals surface area (Å²) in [6.45, 7) is -1.38. The zero-order chi connectivity index (χ0) is 6.78. The minimum absolute atomic E-state index is 0.518. The van der Waals surface area contributed by atoms with Crippen LogP contribution in [0.4, 0.5) is 0 Å². The third-order valence-electron chi connectivity index (χ3n) is 0.850. The molecule has 8 heavy (non-hydrogen) atoms. The molecular formula is C3H10NO2PS. The Labute approximate surface area is 53.7 Å². The van der Waals surface area contributed by atoms with Crippen LogP contribution in [0.3, 0.4) is 0 Å². The van der Waals surface area contributed by atoms with Gasteiger partial charge in [-0.25, -0.2) is 0 Å². The van der Waals surface area contributed by atoms with Gasteiger partial charge in [-0.15, -0.1) is 0 Å². The summed E-state index contributed by atoms with van der Waals surface area (Å²) in [6, 6.07) is 0. The minimum Gasteiger partial charge on any atom is -0.344 e. The third kappa shape index (κ3) is 2.74. The number of hydrogen-bond donors (Lipinski definition) is 3. The molecule has 0 aliphatic carbocycles. The second kappa shape index (κ2) is 2.90. The molecule has 3 nitrogen and oxygen atoms in total. The lowest BCUT2D eigenvalue weighted by atomic mass is 10.5. The lowest BCUT2D eigenvalue weighted by Crippen LogP contribution is -2.17. The quantitative estimate of drug-likeness (QED) is 0.490. The molecule has 0 amide bonds. The summed E-state index contributed by atoms with van der Waals surface area (Å²) in [4.78, 5) is 17.3. The summed E-state index contributed by atoms with van der Waals surface area (Å²) in [5.74, 6) is -0.613. The van der Waals surface area contributed by atoms with Crippen molar-refractivity contribution in [2.75, 3.05) is 0 Å².